The summed E-state index contributed by atoms with van der Waals surface area (Å²) < 4.78 is 7.00. The molecule has 0 fully saturated rings. The van der Waals surface area contributed by atoms with E-state index < -0.39 is 5.60 Å². The van der Waals surface area contributed by atoms with E-state index in [0.29, 0.717) is 0 Å². The smallest absolute Gasteiger partial charge is 0.325 e. The summed E-state index contributed by atoms with van der Waals surface area (Å²) in [4.78, 5) is 11.5. The summed E-state index contributed by atoms with van der Waals surface area (Å²) >= 11 is 6.83. The molecule has 0 amide bonds. The first kappa shape index (κ1) is 14.5. The fourth-order valence-electron chi connectivity index (χ4n) is 1.20. The van der Waals surface area contributed by atoms with E-state index in [1.165, 1.54) is 0 Å². The Balaban J connectivity index is 2.59. The summed E-state index contributed by atoms with van der Waals surface area (Å²) in [6.45, 7) is 5.68. The standard InChI is InChI=1S/C12H15Br2NO2/c1-12(2,3)17-10(16)7-15-11-8(13)5-4-6-9(11)14/h4-6,15H,7H2,1-3H3. The predicted octanol–water partition coefficient (Wildman–Crippen LogP) is 3.97. The Bertz CT molecular complexity index is 393. The topological polar surface area (TPSA) is 38.3 Å². The first-order valence-electron chi connectivity index (χ1n) is 5.19. The van der Waals surface area contributed by atoms with Crippen molar-refractivity contribution in [3.63, 3.8) is 0 Å². The van der Waals surface area contributed by atoms with Gasteiger partial charge in [-0.05, 0) is 64.8 Å². The highest BCUT2D eigenvalue weighted by Crippen LogP contribution is 2.30. The third-order valence-electron chi connectivity index (χ3n) is 1.79. The van der Waals surface area contributed by atoms with E-state index >= 15 is 0 Å². The van der Waals surface area contributed by atoms with Crippen molar-refractivity contribution < 1.29 is 9.53 Å². The second-order valence-electron chi connectivity index (χ2n) is 4.54. The summed E-state index contributed by atoms with van der Waals surface area (Å²) in [5.74, 6) is -0.278. The fourth-order valence-corrected chi connectivity index (χ4v) is 2.48. The van der Waals surface area contributed by atoms with Crippen LogP contribution in [0.1, 0.15) is 20.8 Å². The van der Waals surface area contributed by atoms with Gasteiger partial charge < -0.3 is 10.1 Å². The number of carbonyl (C=O) groups is 1. The second-order valence-corrected chi connectivity index (χ2v) is 6.25. The Kier molecular flexibility index (Phi) is 5.01. The van der Waals surface area contributed by atoms with Crippen molar-refractivity contribution in [2.45, 2.75) is 26.4 Å². The summed E-state index contributed by atoms with van der Waals surface area (Å²) in [5.41, 5.74) is 0.391. The van der Waals surface area contributed by atoms with E-state index in [0.717, 1.165) is 14.6 Å². The van der Waals surface area contributed by atoms with Crippen molar-refractivity contribution in [2.75, 3.05) is 11.9 Å². The largest absolute Gasteiger partial charge is 0.459 e. The summed E-state index contributed by atoms with van der Waals surface area (Å²) in [5, 5.41) is 3.04. The molecular weight excluding hydrogens is 350 g/mol. The van der Waals surface area contributed by atoms with Crippen LogP contribution in [0.3, 0.4) is 0 Å². The van der Waals surface area contributed by atoms with Gasteiger partial charge in [-0.25, -0.2) is 0 Å². The number of benzene rings is 1. The fraction of sp³-hybridized carbons (Fsp3) is 0.417. The molecule has 1 N–H and O–H groups in total. The molecule has 0 spiro atoms. The van der Waals surface area contributed by atoms with Crippen molar-refractivity contribution in [2.24, 2.45) is 0 Å². The molecule has 5 heteroatoms. The predicted molar refractivity (Wildman–Crippen MR) is 76.2 cm³/mol. The zero-order chi connectivity index (χ0) is 13.1. The molecular formula is C12H15Br2NO2. The van der Waals surface area contributed by atoms with Crippen molar-refractivity contribution in [3.8, 4) is 0 Å². The molecule has 0 aliphatic carbocycles. The van der Waals surface area contributed by atoms with Gasteiger partial charge >= 0.3 is 5.97 Å². The van der Waals surface area contributed by atoms with Gasteiger partial charge in [0.1, 0.15) is 12.1 Å². The molecule has 17 heavy (non-hydrogen) atoms. The summed E-state index contributed by atoms with van der Waals surface area (Å²) in [6, 6.07) is 5.72. The molecule has 0 bridgehead atoms. The number of hydrogen-bond acceptors (Lipinski definition) is 3. The molecule has 94 valence electrons. The zero-order valence-corrected chi connectivity index (χ0v) is 13.2. The summed E-state index contributed by atoms with van der Waals surface area (Å²) in [6.07, 6.45) is 0. The van der Waals surface area contributed by atoms with Crippen molar-refractivity contribution in [1.82, 2.24) is 0 Å². The van der Waals surface area contributed by atoms with Gasteiger partial charge in [0.2, 0.25) is 0 Å². The molecule has 1 aromatic rings. The number of anilines is 1. The lowest BCUT2D eigenvalue weighted by Crippen LogP contribution is -2.28. The number of halogens is 2. The molecule has 0 heterocycles. The third-order valence-corrected chi connectivity index (χ3v) is 3.11. The first-order valence-corrected chi connectivity index (χ1v) is 6.78. The molecule has 3 nitrogen and oxygen atoms in total. The molecule has 0 atom stereocenters. The van der Waals surface area contributed by atoms with Crippen LogP contribution in [0.5, 0.6) is 0 Å². The first-order chi connectivity index (χ1) is 7.79. The van der Waals surface area contributed by atoms with Crippen LogP contribution in [0.4, 0.5) is 5.69 Å². The minimum absolute atomic E-state index is 0.137. The van der Waals surface area contributed by atoms with Crippen LogP contribution in [0.2, 0.25) is 0 Å². The minimum atomic E-state index is -0.454. The Hall–Kier alpha value is -0.550. The van der Waals surface area contributed by atoms with Gasteiger partial charge in [-0.1, -0.05) is 6.07 Å². The quantitative estimate of drug-likeness (QED) is 0.825. The average molecular weight is 365 g/mol. The molecule has 0 aliphatic heterocycles. The van der Waals surface area contributed by atoms with Gasteiger partial charge in [0.25, 0.3) is 0 Å². The lowest BCUT2D eigenvalue weighted by molar-refractivity contribution is -0.152. The van der Waals surface area contributed by atoms with Gasteiger partial charge in [-0.15, -0.1) is 0 Å². The van der Waals surface area contributed by atoms with Gasteiger partial charge in [-0.3, -0.25) is 4.79 Å². The Labute approximate surface area is 118 Å². The molecule has 0 radical (unpaired) electrons. The maximum Gasteiger partial charge on any atom is 0.325 e. The maximum absolute atomic E-state index is 11.5. The molecule has 1 rings (SSSR count). The molecule has 0 saturated carbocycles. The summed E-state index contributed by atoms with van der Waals surface area (Å²) in [7, 11) is 0. The SMILES string of the molecule is CC(C)(C)OC(=O)CNc1c(Br)cccc1Br. The third kappa shape index (κ3) is 5.08. The molecule has 1 aromatic carbocycles. The zero-order valence-electron chi connectivity index (χ0n) is 10.0. The van der Waals surface area contributed by atoms with E-state index in [1.807, 2.05) is 39.0 Å². The number of rotatable bonds is 3. The van der Waals surface area contributed by atoms with Crippen molar-refractivity contribution >= 4 is 43.5 Å². The minimum Gasteiger partial charge on any atom is -0.459 e. The molecule has 0 saturated heterocycles. The Morgan fingerprint density at radius 2 is 1.82 bits per heavy atom. The van der Waals surface area contributed by atoms with E-state index in [1.54, 1.807) is 0 Å². The van der Waals surface area contributed by atoms with Crippen LogP contribution in [0.25, 0.3) is 0 Å². The highest BCUT2D eigenvalue weighted by atomic mass is 79.9. The van der Waals surface area contributed by atoms with Crippen LogP contribution >= 0.6 is 31.9 Å². The Morgan fingerprint density at radius 1 is 1.29 bits per heavy atom. The number of para-hydroxylation sites is 1. The normalized spacial score (nSPS) is 11.1. The van der Waals surface area contributed by atoms with Gasteiger partial charge in [0.05, 0.1) is 5.69 Å². The number of esters is 1. The van der Waals surface area contributed by atoms with Crippen LogP contribution in [-0.4, -0.2) is 18.1 Å². The Morgan fingerprint density at radius 3 is 2.29 bits per heavy atom. The number of hydrogen-bond donors (Lipinski definition) is 1. The van der Waals surface area contributed by atoms with Gasteiger partial charge in [0.15, 0.2) is 0 Å². The van der Waals surface area contributed by atoms with Gasteiger partial charge in [-0.2, -0.15) is 0 Å². The van der Waals surface area contributed by atoms with Crippen LogP contribution in [-0.2, 0) is 9.53 Å². The second kappa shape index (κ2) is 5.87. The van der Waals surface area contributed by atoms with Crippen molar-refractivity contribution in [3.05, 3.63) is 27.1 Å². The van der Waals surface area contributed by atoms with E-state index in [4.69, 9.17) is 4.74 Å². The van der Waals surface area contributed by atoms with Gasteiger partial charge in [0, 0.05) is 8.95 Å². The van der Waals surface area contributed by atoms with Crippen LogP contribution < -0.4 is 5.32 Å². The van der Waals surface area contributed by atoms with E-state index in [-0.39, 0.29) is 12.5 Å². The molecule has 0 aliphatic rings. The van der Waals surface area contributed by atoms with Crippen molar-refractivity contribution in [1.29, 1.82) is 0 Å². The monoisotopic (exact) mass is 363 g/mol. The molecule has 0 unspecified atom stereocenters. The number of ether oxygens (including phenoxy) is 1. The average Bonchev–Trinajstić information content (AvgIpc) is 2.14. The van der Waals surface area contributed by atoms with E-state index in [2.05, 4.69) is 37.2 Å². The number of carbonyl (C=O) groups excluding carboxylic acids is 1. The highest BCUT2D eigenvalue weighted by molar-refractivity contribution is 9.11. The lowest BCUT2D eigenvalue weighted by atomic mass is 10.2. The maximum atomic E-state index is 11.5. The van der Waals surface area contributed by atoms with Crippen LogP contribution in [0.15, 0.2) is 27.1 Å². The van der Waals surface area contributed by atoms with E-state index in [9.17, 15) is 4.79 Å². The lowest BCUT2D eigenvalue weighted by Gasteiger charge is -2.20. The molecule has 0 aromatic heterocycles. The highest BCUT2D eigenvalue weighted by Gasteiger charge is 2.16. The number of nitrogens with one attached hydrogen (secondary N) is 1. The van der Waals surface area contributed by atoms with Crippen LogP contribution in [0, 0.1) is 0 Å².